The summed E-state index contributed by atoms with van der Waals surface area (Å²) in [6, 6.07) is 7.59. The molecule has 4 rings (SSSR count). The summed E-state index contributed by atoms with van der Waals surface area (Å²) >= 11 is 1.27. The first-order valence-corrected chi connectivity index (χ1v) is 8.64. The quantitative estimate of drug-likeness (QED) is 0.756. The zero-order valence-corrected chi connectivity index (χ0v) is 14.4. The predicted molar refractivity (Wildman–Crippen MR) is 92.7 cm³/mol. The molecule has 1 aliphatic heterocycles. The molecule has 0 saturated heterocycles. The fourth-order valence-electron chi connectivity index (χ4n) is 2.73. The van der Waals surface area contributed by atoms with Crippen molar-refractivity contribution in [2.45, 2.75) is 23.8 Å². The van der Waals surface area contributed by atoms with Crippen molar-refractivity contribution in [3.8, 4) is 11.4 Å². The van der Waals surface area contributed by atoms with Crippen LogP contribution in [0.25, 0.3) is 11.4 Å². The van der Waals surface area contributed by atoms with Crippen LogP contribution in [0, 0.1) is 12.7 Å². The number of aliphatic carboxylic acids is 1. The van der Waals surface area contributed by atoms with E-state index in [-0.39, 0.29) is 12.2 Å². The maximum atomic E-state index is 13.3. The highest BCUT2D eigenvalue weighted by Crippen LogP contribution is 2.35. The lowest BCUT2D eigenvalue weighted by Crippen LogP contribution is -2.27. The summed E-state index contributed by atoms with van der Waals surface area (Å²) < 4.78 is 20.2. The van der Waals surface area contributed by atoms with Crippen LogP contribution < -0.4 is 0 Å². The van der Waals surface area contributed by atoms with E-state index in [9.17, 15) is 14.3 Å². The highest BCUT2D eigenvalue weighted by molar-refractivity contribution is 8.00. The predicted octanol–water partition coefficient (Wildman–Crippen LogP) is 3.19. The van der Waals surface area contributed by atoms with E-state index >= 15 is 0 Å². The molecule has 0 radical (unpaired) electrons. The smallest absolute Gasteiger partial charge is 0.304 e. The van der Waals surface area contributed by atoms with Gasteiger partial charge in [-0.15, -0.1) is 10.2 Å². The number of carbonyl (C=O) groups is 1. The van der Waals surface area contributed by atoms with Crippen molar-refractivity contribution in [2.24, 2.45) is 5.10 Å². The number of fused-ring (bicyclic) bond motifs is 1. The number of halogens is 1. The second-order valence-electron chi connectivity index (χ2n) is 5.70. The minimum absolute atomic E-state index is 0.131. The number of benzene rings is 1. The third kappa shape index (κ3) is 2.90. The van der Waals surface area contributed by atoms with Gasteiger partial charge in [0, 0.05) is 0 Å². The maximum absolute atomic E-state index is 13.3. The summed E-state index contributed by atoms with van der Waals surface area (Å²) in [6.07, 6.45) is 1.42. The molecular formula is C17H13FN4O3S. The van der Waals surface area contributed by atoms with Gasteiger partial charge in [0.15, 0.2) is 5.82 Å². The Morgan fingerprint density at radius 3 is 2.73 bits per heavy atom. The minimum atomic E-state index is -0.948. The Morgan fingerprint density at radius 1 is 1.31 bits per heavy atom. The molecule has 0 unspecified atom stereocenters. The van der Waals surface area contributed by atoms with Gasteiger partial charge < -0.3 is 9.52 Å². The molecule has 0 fully saturated rings. The Kier molecular flexibility index (Phi) is 4.08. The highest BCUT2D eigenvalue weighted by Gasteiger charge is 2.31. The van der Waals surface area contributed by atoms with Gasteiger partial charge >= 0.3 is 5.97 Å². The molecule has 1 atom stereocenters. The molecule has 26 heavy (non-hydrogen) atoms. The average Bonchev–Trinajstić information content (AvgIpc) is 3.20. The van der Waals surface area contributed by atoms with Crippen molar-refractivity contribution in [1.82, 2.24) is 14.9 Å². The molecule has 1 aliphatic rings. The molecule has 0 saturated carbocycles. The summed E-state index contributed by atoms with van der Waals surface area (Å²) in [5, 5.41) is 22.2. The fourth-order valence-corrected chi connectivity index (χ4v) is 3.82. The van der Waals surface area contributed by atoms with Crippen LogP contribution in [-0.2, 0) is 4.79 Å². The van der Waals surface area contributed by atoms with Gasteiger partial charge in [0.1, 0.15) is 11.6 Å². The minimum Gasteiger partial charge on any atom is -0.481 e. The molecular weight excluding hydrogens is 359 g/mol. The topological polar surface area (TPSA) is 93.5 Å². The highest BCUT2D eigenvalue weighted by atomic mass is 32.2. The molecule has 132 valence electrons. The fraction of sp³-hybridized carbons (Fsp3) is 0.176. The standard InChI is InChI=1S/C17H13FN4O3S/c1-9-12(6-7-25-9)16-19-20-17-22(16)21-15(13(26-17)8-14(23)24)10-2-4-11(18)5-3-10/h2-7,13H,8H2,1H3,(H,23,24)/t13-/m0/s1. The van der Waals surface area contributed by atoms with Crippen LogP contribution >= 0.6 is 11.8 Å². The van der Waals surface area contributed by atoms with Gasteiger partial charge in [-0.3, -0.25) is 4.79 Å². The lowest BCUT2D eigenvalue weighted by Gasteiger charge is -2.22. The summed E-state index contributed by atoms with van der Waals surface area (Å²) in [5.74, 6) is -0.132. The summed E-state index contributed by atoms with van der Waals surface area (Å²) in [6.45, 7) is 1.81. The third-order valence-electron chi connectivity index (χ3n) is 3.97. The Balaban J connectivity index is 1.84. The second-order valence-corrected chi connectivity index (χ2v) is 6.87. The van der Waals surface area contributed by atoms with Crippen molar-refractivity contribution in [2.75, 3.05) is 0 Å². The van der Waals surface area contributed by atoms with E-state index in [0.29, 0.717) is 28.0 Å². The monoisotopic (exact) mass is 372 g/mol. The molecule has 2 aromatic heterocycles. The number of aromatic nitrogens is 3. The molecule has 0 aliphatic carbocycles. The van der Waals surface area contributed by atoms with Crippen LogP contribution in [0.4, 0.5) is 4.39 Å². The number of hydrogen-bond acceptors (Lipinski definition) is 6. The van der Waals surface area contributed by atoms with Gasteiger partial charge in [-0.2, -0.15) is 9.78 Å². The van der Waals surface area contributed by atoms with E-state index in [1.807, 2.05) is 6.92 Å². The zero-order chi connectivity index (χ0) is 18.3. The van der Waals surface area contributed by atoms with Crippen LogP contribution in [0.15, 0.2) is 51.3 Å². The number of furan rings is 1. The van der Waals surface area contributed by atoms with Crippen LogP contribution in [-0.4, -0.2) is 36.9 Å². The van der Waals surface area contributed by atoms with E-state index < -0.39 is 11.2 Å². The van der Waals surface area contributed by atoms with Crippen molar-refractivity contribution >= 4 is 23.4 Å². The van der Waals surface area contributed by atoms with E-state index in [1.165, 1.54) is 23.9 Å². The molecule has 9 heteroatoms. The first-order chi connectivity index (χ1) is 12.5. The Labute approximate surface area is 151 Å². The van der Waals surface area contributed by atoms with Crippen molar-refractivity contribution in [1.29, 1.82) is 0 Å². The van der Waals surface area contributed by atoms with E-state index in [2.05, 4.69) is 15.3 Å². The van der Waals surface area contributed by atoms with Crippen LogP contribution in [0.2, 0.25) is 0 Å². The average molecular weight is 372 g/mol. The van der Waals surface area contributed by atoms with Crippen molar-refractivity contribution < 1.29 is 18.7 Å². The summed E-state index contributed by atoms with van der Waals surface area (Å²) in [7, 11) is 0. The third-order valence-corrected chi connectivity index (χ3v) is 5.11. The Bertz CT molecular complexity index is 1010. The first kappa shape index (κ1) is 16.5. The molecule has 0 amide bonds. The lowest BCUT2D eigenvalue weighted by atomic mass is 10.1. The van der Waals surface area contributed by atoms with E-state index in [4.69, 9.17) is 4.42 Å². The molecule has 3 aromatic rings. The number of thioether (sulfide) groups is 1. The summed E-state index contributed by atoms with van der Waals surface area (Å²) in [5.41, 5.74) is 1.94. The zero-order valence-electron chi connectivity index (χ0n) is 13.6. The molecule has 0 bridgehead atoms. The largest absolute Gasteiger partial charge is 0.481 e. The number of rotatable bonds is 4. The van der Waals surface area contributed by atoms with Gasteiger partial charge in [-0.25, -0.2) is 4.39 Å². The lowest BCUT2D eigenvalue weighted by molar-refractivity contribution is -0.136. The molecule has 1 aromatic carbocycles. The normalized spacial score (nSPS) is 16.2. The Hall–Kier alpha value is -2.94. The molecule has 7 nitrogen and oxygen atoms in total. The Morgan fingerprint density at radius 2 is 2.08 bits per heavy atom. The second kappa shape index (κ2) is 6.41. The van der Waals surface area contributed by atoms with Crippen LogP contribution in [0.1, 0.15) is 17.7 Å². The number of aryl methyl sites for hydroxylation is 1. The van der Waals surface area contributed by atoms with Gasteiger partial charge in [0.25, 0.3) is 0 Å². The van der Waals surface area contributed by atoms with E-state index in [1.54, 1.807) is 29.1 Å². The van der Waals surface area contributed by atoms with Crippen LogP contribution in [0.5, 0.6) is 0 Å². The molecule has 1 N–H and O–H groups in total. The number of nitrogens with zero attached hydrogens (tertiary/aromatic N) is 4. The molecule has 0 spiro atoms. The van der Waals surface area contributed by atoms with Gasteiger partial charge in [0.05, 0.1) is 29.2 Å². The number of hydrogen-bond donors (Lipinski definition) is 1. The number of carboxylic acids is 1. The van der Waals surface area contributed by atoms with Crippen molar-refractivity contribution in [3.05, 3.63) is 53.7 Å². The van der Waals surface area contributed by atoms with E-state index in [0.717, 1.165) is 5.56 Å². The summed E-state index contributed by atoms with van der Waals surface area (Å²) in [4.78, 5) is 11.3. The first-order valence-electron chi connectivity index (χ1n) is 7.76. The maximum Gasteiger partial charge on any atom is 0.304 e. The van der Waals surface area contributed by atoms with Crippen LogP contribution in [0.3, 0.4) is 0 Å². The van der Waals surface area contributed by atoms with Gasteiger partial charge in [-0.05, 0) is 30.7 Å². The van der Waals surface area contributed by atoms with Gasteiger partial charge in [0.2, 0.25) is 5.16 Å². The van der Waals surface area contributed by atoms with Crippen molar-refractivity contribution in [3.63, 3.8) is 0 Å². The SMILES string of the molecule is Cc1occc1-c1nnc2n1N=C(c1ccc(F)cc1)[C@H](CC(=O)O)S2. The molecule has 3 heterocycles. The van der Waals surface area contributed by atoms with Gasteiger partial charge in [-0.1, -0.05) is 23.9 Å². The number of carboxylic acid groups (broad SMARTS) is 1.